The summed E-state index contributed by atoms with van der Waals surface area (Å²) in [7, 11) is -3.54. The number of likely N-dealkylation sites (tertiary alicyclic amines) is 1. The van der Waals surface area contributed by atoms with Crippen molar-refractivity contribution in [2.45, 2.75) is 25.8 Å². The second-order valence-corrected chi connectivity index (χ2v) is 8.70. The van der Waals surface area contributed by atoms with E-state index < -0.39 is 10.0 Å². The number of hydrogen-bond donors (Lipinski definition) is 0. The molecule has 1 amide bonds. The van der Waals surface area contributed by atoms with Crippen molar-refractivity contribution in [3.8, 4) is 0 Å². The number of rotatable bonds is 5. The Labute approximate surface area is 159 Å². The summed E-state index contributed by atoms with van der Waals surface area (Å²) >= 11 is 0. The summed E-state index contributed by atoms with van der Waals surface area (Å²) in [6.45, 7) is 1.62. The molecule has 0 aromatic heterocycles. The van der Waals surface area contributed by atoms with Crippen molar-refractivity contribution in [1.29, 1.82) is 0 Å². The molecule has 1 saturated heterocycles. The van der Waals surface area contributed by atoms with Crippen LogP contribution in [0, 0.1) is 5.82 Å². The normalized spacial score (nSPS) is 14.8. The number of carbonyl (C=O) groups is 1. The number of sulfonamides is 1. The van der Waals surface area contributed by atoms with E-state index in [-0.39, 0.29) is 18.3 Å². The molecule has 1 aliphatic heterocycles. The predicted octanol–water partition coefficient (Wildman–Crippen LogP) is 3.42. The standard InChI is InChI=1S/C20H23FN2O3S/c1-27(25,26)23(15-16-5-9-18(21)10-6-16)19-11-7-17(8-12-19)20(24)22-13-3-2-4-14-22/h5-12H,2-4,13-15H2,1H3. The van der Waals surface area contributed by atoms with Crippen LogP contribution in [0.25, 0.3) is 0 Å². The van der Waals surface area contributed by atoms with E-state index in [9.17, 15) is 17.6 Å². The van der Waals surface area contributed by atoms with Gasteiger partial charge in [-0.1, -0.05) is 12.1 Å². The van der Waals surface area contributed by atoms with E-state index in [2.05, 4.69) is 0 Å². The van der Waals surface area contributed by atoms with Gasteiger partial charge in [0.25, 0.3) is 5.91 Å². The van der Waals surface area contributed by atoms with Crippen LogP contribution in [0.4, 0.5) is 10.1 Å². The fraction of sp³-hybridized carbons (Fsp3) is 0.350. The zero-order valence-electron chi connectivity index (χ0n) is 15.3. The molecule has 27 heavy (non-hydrogen) atoms. The van der Waals surface area contributed by atoms with Crippen LogP contribution in [0.2, 0.25) is 0 Å². The summed E-state index contributed by atoms with van der Waals surface area (Å²) < 4.78 is 38.8. The van der Waals surface area contributed by atoms with Crippen molar-refractivity contribution in [3.05, 3.63) is 65.5 Å². The summed E-state index contributed by atoms with van der Waals surface area (Å²) in [5.74, 6) is -0.393. The summed E-state index contributed by atoms with van der Waals surface area (Å²) in [5, 5.41) is 0. The van der Waals surface area contributed by atoms with Gasteiger partial charge in [0, 0.05) is 18.7 Å². The van der Waals surface area contributed by atoms with Gasteiger partial charge in [-0.3, -0.25) is 9.10 Å². The Kier molecular flexibility index (Phi) is 5.79. The number of hydrogen-bond acceptors (Lipinski definition) is 3. The van der Waals surface area contributed by atoms with E-state index in [4.69, 9.17) is 0 Å². The third kappa shape index (κ3) is 4.86. The van der Waals surface area contributed by atoms with Crippen LogP contribution in [0.3, 0.4) is 0 Å². The van der Waals surface area contributed by atoms with Gasteiger partial charge in [-0.05, 0) is 61.2 Å². The van der Waals surface area contributed by atoms with Crippen LogP contribution in [0.5, 0.6) is 0 Å². The molecule has 1 aliphatic rings. The number of nitrogens with zero attached hydrogens (tertiary/aromatic N) is 2. The molecule has 2 aromatic rings. The molecule has 0 radical (unpaired) electrons. The fourth-order valence-corrected chi connectivity index (χ4v) is 4.09. The molecule has 0 N–H and O–H groups in total. The summed E-state index contributed by atoms with van der Waals surface area (Å²) in [6, 6.07) is 12.3. The van der Waals surface area contributed by atoms with Gasteiger partial charge >= 0.3 is 0 Å². The second-order valence-electron chi connectivity index (χ2n) is 6.80. The molecule has 0 saturated carbocycles. The number of piperidine rings is 1. The van der Waals surface area contributed by atoms with E-state index in [0.29, 0.717) is 16.8 Å². The van der Waals surface area contributed by atoms with E-state index in [1.807, 2.05) is 4.90 Å². The Morgan fingerprint density at radius 3 is 2.15 bits per heavy atom. The Bertz CT molecular complexity index is 890. The monoisotopic (exact) mass is 390 g/mol. The molecule has 0 aliphatic carbocycles. The van der Waals surface area contributed by atoms with Crippen molar-refractivity contribution in [1.82, 2.24) is 4.90 Å². The lowest BCUT2D eigenvalue weighted by molar-refractivity contribution is 0.0724. The van der Waals surface area contributed by atoms with Crippen LogP contribution in [0.15, 0.2) is 48.5 Å². The molecule has 0 spiro atoms. The smallest absolute Gasteiger partial charge is 0.253 e. The van der Waals surface area contributed by atoms with Gasteiger partial charge in [0.05, 0.1) is 18.5 Å². The Morgan fingerprint density at radius 1 is 1.00 bits per heavy atom. The maximum atomic E-state index is 13.1. The average molecular weight is 390 g/mol. The highest BCUT2D eigenvalue weighted by Crippen LogP contribution is 2.22. The van der Waals surface area contributed by atoms with Gasteiger partial charge in [-0.15, -0.1) is 0 Å². The van der Waals surface area contributed by atoms with Crippen LogP contribution < -0.4 is 4.31 Å². The Morgan fingerprint density at radius 2 is 1.59 bits per heavy atom. The highest BCUT2D eigenvalue weighted by molar-refractivity contribution is 7.92. The van der Waals surface area contributed by atoms with Gasteiger partial charge in [-0.25, -0.2) is 12.8 Å². The molecule has 7 heteroatoms. The highest BCUT2D eigenvalue weighted by Gasteiger charge is 2.21. The fourth-order valence-electron chi connectivity index (χ4n) is 3.21. The number of carbonyl (C=O) groups excluding carboxylic acids is 1. The predicted molar refractivity (Wildman–Crippen MR) is 104 cm³/mol. The van der Waals surface area contributed by atoms with Crippen LogP contribution in [-0.2, 0) is 16.6 Å². The number of halogens is 1. The SMILES string of the molecule is CS(=O)(=O)N(Cc1ccc(F)cc1)c1ccc(C(=O)N2CCCCC2)cc1. The van der Waals surface area contributed by atoms with Crippen LogP contribution in [-0.4, -0.2) is 38.6 Å². The largest absolute Gasteiger partial charge is 0.339 e. The lowest BCUT2D eigenvalue weighted by Gasteiger charge is -2.27. The molecule has 0 atom stereocenters. The Hall–Kier alpha value is -2.41. The number of amides is 1. The van der Waals surface area contributed by atoms with Gasteiger partial charge in [0.2, 0.25) is 10.0 Å². The summed E-state index contributed by atoms with van der Waals surface area (Å²) in [6.07, 6.45) is 4.31. The first-order valence-corrected chi connectivity index (χ1v) is 10.8. The van der Waals surface area contributed by atoms with Gasteiger partial charge in [-0.2, -0.15) is 0 Å². The van der Waals surface area contributed by atoms with Crippen LogP contribution in [0.1, 0.15) is 35.2 Å². The van der Waals surface area contributed by atoms with Crippen molar-refractivity contribution >= 4 is 21.6 Å². The molecule has 2 aromatic carbocycles. The quantitative estimate of drug-likeness (QED) is 0.786. The van der Waals surface area contributed by atoms with Crippen molar-refractivity contribution < 1.29 is 17.6 Å². The van der Waals surface area contributed by atoms with E-state index in [1.165, 1.54) is 16.4 Å². The second kappa shape index (κ2) is 8.08. The van der Waals surface area contributed by atoms with E-state index in [0.717, 1.165) is 38.6 Å². The van der Waals surface area contributed by atoms with E-state index in [1.54, 1.807) is 36.4 Å². The summed E-state index contributed by atoms with van der Waals surface area (Å²) in [5.41, 5.74) is 1.70. The van der Waals surface area contributed by atoms with Crippen molar-refractivity contribution in [2.75, 3.05) is 23.7 Å². The first-order chi connectivity index (χ1) is 12.8. The van der Waals surface area contributed by atoms with Crippen molar-refractivity contribution in [2.24, 2.45) is 0 Å². The van der Waals surface area contributed by atoms with Crippen LogP contribution >= 0.6 is 0 Å². The summed E-state index contributed by atoms with van der Waals surface area (Å²) in [4.78, 5) is 14.4. The van der Waals surface area contributed by atoms with Crippen molar-refractivity contribution in [3.63, 3.8) is 0 Å². The maximum Gasteiger partial charge on any atom is 0.253 e. The molecule has 1 fully saturated rings. The topological polar surface area (TPSA) is 57.7 Å². The van der Waals surface area contributed by atoms with Gasteiger partial charge in [0.1, 0.15) is 5.82 Å². The molecule has 3 rings (SSSR count). The minimum atomic E-state index is -3.54. The molecule has 0 bridgehead atoms. The first kappa shape index (κ1) is 19.4. The number of anilines is 1. The highest BCUT2D eigenvalue weighted by atomic mass is 32.2. The average Bonchev–Trinajstić information content (AvgIpc) is 2.67. The minimum absolute atomic E-state index is 0.0225. The number of benzene rings is 2. The first-order valence-electron chi connectivity index (χ1n) is 8.96. The third-order valence-corrected chi connectivity index (χ3v) is 5.83. The van der Waals surface area contributed by atoms with Gasteiger partial charge in [0.15, 0.2) is 0 Å². The zero-order valence-corrected chi connectivity index (χ0v) is 16.1. The molecular formula is C20H23FN2O3S. The molecule has 144 valence electrons. The minimum Gasteiger partial charge on any atom is -0.339 e. The molecule has 5 nitrogen and oxygen atoms in total. The lowest BCUT2D eigenvalue weighted by Crippen LogP contribution is -2.35. The maximum absolute atomic E-state index is 13.1. The van der Waals surface area contributed by atoms with Gasteiger partial charge < -0.3 is 4.90 Å². The molecular weight excluding hydrogens is 367 g/mol. The van der Waals surface area contributed by atoms with E-state index >= 15 is 0 Å². The third-order valence-electron chi connectivity index (χ3n) is 4.69. The Balaban J connectivity index is 1.80. The zero-order chi connectivity index (χ0) is 19.4. The molecule has 0 unspecified atom stereocenters. The molecule has 1 heterocycles. The lowest BCUT2D eigenvalue weighted by atomic mass is 10.1.